The number of nitrogens with zero attached hydrogens (tertiary/aromatic N) is 4. The highest BCUT2D eigenvalue weighted by atomic mass is 35.5. The molecule has 1 amide bonds. The zero-order valence-corrected chi connectivity index (χ0v) is 19.9. The van der Waals surface area contributed by atoms with Crippen LogP contribution in [0.4, 0.5) is 5.69 Å². The second-order valence-electron chi connectivity index (χ2n) is 8.44. The number of anilines is 1. The van der Waals surface area contributed by atoms with E-state index in [1.807, 2.05) is 12.1 Å². The van der Waals surface area contributed by atoms with E-state index in [9.17, 15) is 14.3 Å². The van der Waals surface area contributed by atoms with Gasteiger partial charge in [-0.05, 0) is 61.8 Å². The molecule has 1 aromatic heterocycles. The van der Waals surface area contributed by atoms with Gasteiger partial charge in [0.15, 0.2) is 0 Å². The van der Waals surface area contributed by atoms with Crippen LogP contribution in [0.2, 0.25) is 5.02 Å². The molecule has 0 aliphatic carbocycles. The van der Waals surface area contributed by atoms with E-state index in [2.05, 4.69) is 21.6 Å². The second kappa shape index (κ2) is 9.29. The first kappa shape index (κ1) is 22.7. The lowest BCUT2D eigenvalue weighted by atomic mass is 9.80. The van der Waals surface area contributed by atoms with E-state index >= 15 is 0 Å². The maximum atomic E-state index is 13.0. The van der Waals surface area contributed by atoms with Crippen LogP contribution in [0.15, 0.2) is 51.8 Å². The smallest absolute Gasteiger partial charge is 0.247 e. The number of hydrogen-bond acceptors (Lipinski definition) is 7. The lowest BCUT2D eigenvalue weighted by Crippen LogP contribution is -2.39. The Bertz CT molecular complexity index is 1290. The van der Waals surface area contributed by atoms with Crippen molar-refractivity contribution in [2.24, 2.45) is 0 Å². The summed E-state index contributed by atoms with van der Waals surface area (Å²) in [6, 6.07) is 14.9. The normalized spacial score (nSPS) is 19.8. The van der Waals surface area contributed by atoms with Crippen molar-refractivity contribution in [2.75, 3.05) is 23.7 Å². The maximum absolute atomic E-state index is 13.0. The van der Waals surface area contributed by atoms with Crippen molar-refractivity contribution >= 4 is 34.0 Å². The fraction of sp³-hybridized carbons (Fsp3) is 0.333. The average molecular weight is 496 g/mol. The van der Waals surface area contributed by atoms with Crippen LogP contribution < -0.4 is 10.2 Å². The Morgan fingerprint density at radius 2 is 1.94 bits per heavy atom. The number of carbonyl (C=O) groups is 1. The summed E-state index contributed by atoms with van der Waals surface area (Å²) in [6.45, 7) is 1.73. The van der Waals surface area contributed by atoms with Crippen LogP contribution in [0.1, 0.15) is 30.7 Å². The lowest BCUT2D eigenvalue weighted by molar-refractivity contribution is -0.118. The molecule has 3 heterocycles. The Morgan fingerprint density at radius 1 is 1.18 bits per heavy atom. The summed E-state index contributed by atoms with van der Waals surface area (Å²) in [5, 5.41) is 22.1. The highest BCUT2D eigenvalue weighted by molar-refractivity contribution is 7.85. The average Bonchev–Trinajstić information content (AvgIpc) is 3.34. The van der Waals surface area contributed by atoms with Crippen molar-refractivity contribution in [3.8, 4) is 17.5 Å². The van der Waals surface area contributed by atoms with Crippen LogP contribution in [0.3, 0.4) is 0 Å². The van der Waals surface area contributed by atoms with Gasteiger partial charge in [0.05, 0.1) is 34.0 Å². The van der Waals surface area contributed by atoms with Crippen LogP contribution in [0.25, 0.3) is 11.5 Å². The van der Waals surface area contributed by atoms with E-state index in [1.165, 1.54) is 0 Å². The summed E-state index contributed by atoms with van der Waals surface area (Å²) in [5.74, 6) is 0.730. The number of hydrogen-bond donors (Lipinski definition) is 1. The summed E-state index contributed by atoms with van der Waals surface area (Å²) < 4.78 is 18.8. The number of nitriles is 1. The standard InChI is InChI=1S/C24H22ClN5O3S/c25-18-4-1-16(2-5-18)14-30-19-13-17(3-6-20(19)34(32)12-7-21(30)31)22-28-29-23(33-22)24(15-26)8-10-27-11-9-24/h1-6,13,27H,7-12,14H2. The molecule has 1 unspecified atom stereocenters. The van der Waals surface area contributed by atoms with Crippen molar-refractivity contribution in [3.63, 3.8) is 0 Å². The van der Waals surface area contributed by atoms with Crippen LogP contribution in [0.5, 0.6) is 0 Å². The van der Waals surface area contributed by atoms with Crippen molar-refractivity contribution in [3.05, 3.63) is 58.9 Å². The van der Waals surface area contributed by atoms with E-state index in [0.29, 0.717) is 59.5 Å². The summed E-state index contributed by atoms with van der Waals surface area (Å²) in [4.78, 5) is 15.2. The van der Waals surface area contributed by atoms with Gasteiger partial charge in [-0.2, -0.15) is 5.26 Å². The highest BCUT2D eigenvalue weighted by Gasteiger charge is 2.39. The Labute approximate surface area is 204 Å². The molecule has 2 aliphatic rings. The molecule has 2 aliphatic heterocycles. The first-order chi connectivity index (χ1) is 16.5. The van der Waals surface area contributed by atoms with Crippen LogP contribution in [0, 0.1) is 11.3 Å². The molecule has 2 aromatic carbocycles. The molecule has 5 rings (SSSR count). The Kier molecular flexibility index (Phi) is 6.21. The summed E-state index contributed by atoms with van der Waals surface area (Å²) in [5.41, 5.74) is 1.27. The number of amides is 1. The molecule has 34 heavy (non-hydrogen) atoms. The summed E-state index contributed by atoms with van der Waals surface area (Å²) >= 11 is 6.01. The van der Waals surface area contributed by atoms with Crippen LogP contribution >= 0.6 is 11.6 Å². The van der Waals surface area contributed by atoms with Gasteiger partial charge in [0, 0.05) is 22.8 Å². The molecule has 10 heteroatoms. The second-order valence-corrected chi connectivity index (χ2v) is 10.4. The molecule has 3 aromatic rings. The van der Waals surface area contributed by atoms with Crippen molar-refractivity contribution in [1.29, 1.82) is 5.26 Å². The Morgan fingerprint density at radius 3 is 2.68 bits per heavy atom. The molecule has 8 nitrogen and oxygen atoms in total. The summed E-state index contributed by atoms with van der Waals surface area (Å²) in [6.07, 6.45) is 1.38. The monoisotopic (exact) mass is 495 g/mol. The van der Waals surface area contributed by atoms with Gasteiger partial charge in [0.2, 0.25) is 17.7 Å². The van der Waals surface area contributed by atoms with Gasteiger partial charge < -0.3 is 14.6 Å². The van der Waals surface area contributed by atoms with E-state index in [4.69, 9.17) is 16.0 Å². The fourth-order valence-corrected chi connectivity index (χ4v) is 5.65. The highest BCUT2D eigenvalue weighted by Crippen LogP contribution is 2.36. The lowest BCUT2D eigenvalue weighted by Gasteiger charge is -2.27. The van der Waals surface area contributed by atoms with Gasteiger partial charge in [-0.3, -0.25) is 9.00 Å². The number of benzene rings is 2. The third kappa shape index (κ3) is 4.25. The molecule has 1 atom stereocenters. The molecule has 0 spiro atoms. The minimum absolute atomic E-state index is 0.108. The van der Waals surface area contributed by atoms with Crippen molar-refractivity contribution in [1.82, 2.24) is 15.5 Å². The van der Waals surface area contributed by atoms with Crippen molar-refractivity contribution < 1.29 is 13.4 Å². The van der Waals surface area contributed by atoms with Gasteiger partial charge in [-0.25, -0.2) is 0 Å². The van der Waals surface area contributed by atoms with E-state index in [0.717, 1.165) is 5.56 Å². The van der Waals surface area contributed by atoms with E-state index in [-0.39, 0.29) is 24.0 Å². The molecule has 1 N–H and O–H groups in total. The zero-order valence-electron chi connectivity index (χ0n) is 18.3. The number of nitrogens with one attached hydrogen (secondary N) is 1. The minimum atomic E-state index is -1.31. The molecule has 0 radical (unpaired) electrons. The quantitative estimate of drug-likeness (QED) is 0.588. The number of aromatic nitrogens is 2. The number of piperidine rings is 1. The fourth-order valence-electron chi connectivity index (χ4n) is 4.32. The largest absolute Gasteiger partial charge is 0.419 e. The molecule has 0 saturated carbocycles. The van der Waals surface area contributed by atoms with Gasteiger partial charge in [0.1, 0.15) is 5.41 Å². The number of halogens is 1. The SMILES string of the molecule is N#CC1(c2nnc(-c3ccc4c(c3)N(Cc3ccc(Cl)cc3)C(=O)CCS4=O)o2)CCNCC1. The number of rotatable bonds is 4. The van der Waals surface area contributed by atoms with Gasteiger partial charge in [-0.1, -0.05) is 23.7 Å². The molecular weight excluding hydrogens is 474 g/mol. The van der Waals surface area contributed by atoms with E-state index in [1.54, 1.807) is 35.2 Å². The van der Waals surface area contributed by atoms with Crippen molar-refractivity contribution in [2.45, 2.75) is 36.1 Å². The minimum Gasteiger partial charge on any atom is -0.419 e. The van der Waals surface area contributed by atoms with E-state index < -0.39 is 16.2 Å². The van der Waals surface area contributed by atoms with Gasteiger partial charge >= 0.3 is 0 Å². The predicted molar refractivity (Wildman–Crippen MR) is 128 cm³/mol. The van der Waals surface area contributed by atoms with Gasteiger partial charge in [-0.15, -0.1) is 10.2 Å². The first-order valence-electron chi connectivity index (χ1n) is 11.0. The molecule has 1 fully saturated rings. The third-order valence-corrected chi connectivity index (χ3v) is 7.97. The predicted octanol–water partition coefficient (Wildman–Crippen LogP) is 3.58. The first-order valence-corrected chi connectivity index (χ1v) is 12.7. The third-order valence-electron chi connectivity index (χ3n) is 6.30. The van der Waals surface area contributed by atoms with Gasteiger partial charge in [0.25, 0.3) is 0 Å². The maximum Gasteiger partial charge on any atom is 0.247 e. The Hall–Kier alpha value is -3.06. The molecule has 1 saturated heterocycles. The molecule has 174 valence electrons. The molecular formula is C24H22ClN5O3S. The number of fused-ring (bicyclic) bond motifs is 1. The zero-order chi connectivity index (χ0) is 23.7. The Balaban J connectivity index is 1.53. The topological polar surface area (TPSA) is 112 Å². The number of carbonyl (C=O) groups excluding carboxylic acids is 1. The van der Waals surface area contributed by atoms with Crippen LogP contribution in [-0.2, 0) is 27.6 Å². The molecule has 0 bridgehead atoms. The van der Waals surface area contributed by atoms with Crippen LogP contribution in [-0.4, -0.2) is 39.2 Å². The summed E-state index contributed by atoms with van der Waals surface area (Å²) in [7, 11) is -1.31.